The highest BCUT2D eigenvalue weighted by atomic mass is 19.1. The first kappa shape index (κ1) is 24.7. The molecule has 2 aliphatic heterocycles. The molecule has 0 radical (unpaired) electrons. The first-order valence-corrected chi connectivity index (χ1v) is 12.0. The molecular formula is C27H28FNO7. The van der Waals surface area contributed by atoms with Gasteiger partial charge in [-0.3, -0.25) is 9.79 Å². The third-order valence-electron chi connectivity index (χ3n) is 7.01. The van der Waals surface area contributed by atoms with E-state index >= 15 is 0 Å². The van der Waals surface area contributed by atoms with Crippen LogP contribution in [0.5, 0.6) is 5.75 Å². The van der Waals surface area contributed by atoms with Gasteiger partial charge in [0.25, 0.3) is 0 Å². The van der Waals surface area contributed by atoms with Crippen molar-refractivity contribution in [3.8, 4) is 5.75 Å². The largest absolute Gasteiger partial charge is 0.462 e. The third kappa shape index (κ3) is 4.72. The van der Waals surface area contributed by atoms with E-state index in [1.54, 1.807) is 24.3 Å². The van der Waals surface area contributed by atoms with Crippen LogP contribution in [0.4, 0.5) is 4.39 Å². The van der Waals surface area contributed by atoms with Crippen molar-refractivity contribution < 1.29 is 39.1 Å². The van der Waals surface area contributed by atoms with Crippen molar-refractivity contribution >= 4 is 11.5 Å². The van der Waals surface area contributed by atoms with Gasteiger partial charge in [0.05, 0.1) is 6.61 Å². The van der Waals surface area contributed by atoms with Crippen LogP contribution < -0.4 is 4.74 Å². The first-order valence-electron chi connectivity index (χ1n) is 12.0. The quantitative estimate of drug-likeness (QED) is 0.497. The van der Waals surface area contributed by atoms with E-state index in [9.17, 15) is 29.6 Å². The topological polar surface area (TPSA) is 129 Å². The minimum atomic E-state index is -1.53. The summed E-state index contributed by atoms with van der Waals surface area (Å²) in [6.07, 6.45) is -4.44. The fraction of sp³-hybridized carbons (Fsp3) is 0.407. The van der Waals surface area contributed by atoms with Crippen molar-refractivity contribution in [3.63, 3.8) is 0 Å². The number of nitrogens with zero attached hydrogens (tertiary/aromatic N) is 1. The Morgan fingerprint density at radius 3 is 2.39 bits per heavy atom. The molecule has 1 fully saturated rings. The maximum Gasteiger partial charge on any atom is 0.229 e. The predicted molar refractivity (Wildman–Crippen MR) is 127 cm³/mol. The lowest BCUT2D eigenvalue weighted by atomic mass is 9.77. The van der Waals surface area contributed by atoms with E-state index in [0.29, 0.717) is 25.0 Å². The van der Waals surface area contributed by atoms with Gasteiger partial charge in [-0.15, -0.1) is 0 Å². The fourth-order valence-corrected chi connectivity index (χ4v) is 5.05. The van der Waals surface area contributed by atoms with Gasteiger partial charge in [-0.25, -0.2) is 4.39 Å². The Bertz CT molecular complexity index is 1180. The molecule has 9 heteroatoms. The van der Waals surface area contributed by atoms with E-state index in [0.717, 1.165) is 34.5 Å². The standard InChI is InChI=1S/C27H28FNO7/c28-16-8-4-15(5-9-16)20-12-18(23-19(29-20)2-1-3-21(23)31)14-6-10-17(11-7-14)35-27-26(34)25(33)24(32)22(13-30)36-27/h4-11,18,22,24-27,30,32-34H,1-3,12-13H2/t18?,22-,24-,25-,26-,27-/m1/s1. The van der Waals surface area contributed by atoms with Gasteiger partial charge >= 0.3 is 0 Å². The van der Waals surface area contributed by atoms with Gasteiger partial charge in [-0.2, -0.15) is 0 Å². The van der Waals surface area contributed by atoms with Gasteiger partial charge in [0.1, 0.15) is 36.0 Å². The minimum Gasteiger partial charge on any atom is -0.462 e. The number of hydrogen-bond donors (Lipinski definition) is 4. The highest BCUT2D eigenvalue weighted by molar-refractivity contribution is 6.07. The molecule has 1 unspecified atom stereocenters. The summed E-state index contributed by atoms with van der Waals surface area (Å²) >= 11 is 0. The van der Waals surface area contributed by atoms with Crippen molar-refractivity contribution in [2.45, 2.75) is 62.3 Å². The van der Waals surface area contributed by atoms with Crippen LogP contribution in [0.25, 0.3) is 0 Å². The summed E-state index contributed by atoms with van der Waals surface area (Å²) in [5.74, 6) is -0.110. The molecule has 2 aromatic carbocycles. The van der Waals surface area contributed by atoms with Crippen LogP contribution in [0.3, 0.4) is 0 Å². The second kappa shape index (κ2) is 10.2. The molecule has 1 aliphatic carbocycles. The lowest BCUT2D eigenvalue weighted by Crippen LogP contribution is -2.60. The number of halogens is 1. The highest BCUT2D eigenvalue weighted by Crippen LogP contribution is 2.41. The van der Waals surface area contributed by atoms with Crippen LogP contribution in [0.15, 0.2) is 64.8 Å². The number of aliphatic hydroxyl groups is 4. The van der Waals surface area contributed by atoms with Crippen molar-refractivity contribution in [1.29, 1.82) is 0 Å². The number of hydrogen-bond acceptors (Lipinski definition) is 8. The third-order valence-corrected chi connectivity index (χ3v) is 7.01. The molecule has 6 atom stereocenters. The van der Waals surface area contributed by atoms with Gasteiger partial charge < -0.3 is 29.9 Å². The van der Waals surface area contributed by atoms with E-state index in [2.05, 4.69) is 0 Å². The Morgan fingerprint density at radius 2 is 1.69 bits per heavy atom. The number of ketones is 1. The monoisotopic (exact) mass is 497 g/mol. The summed E-state index contributed by atoms with van der Waals surface area (Å²) in [5, 5.41) is 39.5. The average Bonchev–Trinajstić information content (AvgIpc) is 2.89. The molecule has 4 N–H and O–H groups in total. The van der Waals surface area contributed by atoms with E-state index in [1.807, 2.05) is 12.1 Å². The summed E-state index contributed by atoms with van der Waals surface area (Å²) in [5.41, 5.74) is 4.00. The number of carbonyl (C=O) groups excluding carboxylic acids is 1. The molecule has 0 aromatic heterocycles. The maximum atomic E-state index is 13.5. The number of benzene rings is 2. The van der Waals surface area contributed by atoms with E-state index in [4.69, 9.17) is 14.5 Å². The van der Waals surface area contributed by atoms with E-state index in [-0.39, 0.29) is 17.5 Å². The first-order chi connectivity index (χ1) is 17.4. The molecule has 8 nitrogen and oxygen atoms in total. The highest BCUT2D eigenvalue weighted by Gasteiger charge is 2.44. The Kier molecular flexibility index (Phi) is 7.00. The number of allylic oxidation sites excluding steroid dienone is 2. The molecule has 0 bridgehead atoms. The molecule has 36 heavy (non-hydrogen) atoms. The van der Waals surface area contributed by atoms with Crippen LogP contribution in [0.2, 0.25) is 0 Å². The van der Waals surface area contributed by atoms with E-state index < -0.39 is 37.3 Å². The van der Waals surface area contributed by atoms with Gasteiger partial charge in [-0.1, -0.05) is 24.3 Å². The lowest BCUT2D eigenvalue weighted by molar-refractivity contribution is -0.277. The Hall–Kier alpha value is -2.95. The Labute approximate surface area is 207 Å². The number of Topliss-reactive ketones (excluding diaryl/α,β-unsaturated/α-hetero) is 1. The summed E-state index contributed by atoms with van der Waals surface area (Å²) in [6, 6.07) is 13.2. The Balaban J connectivity index is 1.39. The SMILES string of the molecule is O=C1CCCC2=C1C(c1ccc(O[C@@H]3O[C@H](CO)[C@@H](O)[C@@H](O)[C@H]3O)cc1)CC(c1ccc(F)cc1)=N2. The van der Waals surface area contributed by atoms with Crippen LogP contribution in [0.1, 0.15) is 42.7 Å². The molecular weight excluding hydrogens is 469 g/mol. The zero-order chi connectivity index (χ0) is 25.4. The lowest BCUT2D eigenvalue weighted by Gasteiger charge is -2.39. The van der Waals surface area contributed by atoms with Gasteiger partial charge in [-0.05, 0) is 48.2 Å². The van der Waals surface area contributed by atoms with Crippen molar-refractivity contribution in [2.75, 3.05) is 6.61 Å². The molecule has 2 heterocycles. The Morgan fingerprint density at radius 1 is 0.972 bits per heavy atom. The summed E-state index contributed by atoms with van der Waals surface area (Å²) in [6.45, 7) is -0.547. The fourth-order valence-electron chi connectivity index (χ4n) is 5.05. The molecule has 1 saturated heterocycles. The predicted octanol–water partition coefficient (Wildman–Crippen LogP) is 1.99. The maximum absolute atomic E-state index is 13.5. The summed E-state index contributed by atoms with van der Waals surface area (Å²) in [7, 11) is 0. The normalized spacial score (nSPS) is 30.6. The number of rotatable bonds is 5. The number of aliphatic imine (C=N–C) groups is 1. The van der Waals surface area contributed by atoms with Crippen LogP contribution in [-0.2, 0) is 9.53 Å². The molecule has 3 aliphatic rings. The van der Waals surface area contributed by atoms with Gasteiger partial charge in [0, 0.05) is 35.7 Å². The molecule has 0 amide bonds. The average molecular weight is 498 g/mol. The zero-order valence-electron chi connectivity index (χ0n) is 19.5. The second-order valence-electron chi connectivity index (χ2n) is 9.34. The zero-order valence-corrected chi connectivity index (χ0v) is 19.5. The van der Waals surface area contributed by atoms with Crippen molar-refractivity contribution in [1.82, 2.24) is 0 Å². The minimum absolute atomic E-state index is 0.0878. The molecule has 2 aromatic rings. The summed E-state index contributed by atoms with van der Waals surface area (Å²) in [4.78, 5) is 17.7. The number of carbonyl (C=O) groups is 1. The molecule has 5 rings (SSSR count). The summed E-state index contributed by atoms with van der Waals surface area (Å²) < 4.78 is 24.6. The second-order valence-corrected chi connectivity index (χ2v) is 9.34. The van der Waals surface area contributed by atoms with Crippen molar-refractivity contribution in [2.24, 2.45) is 4.99 Å². The molecule has 0 saturated carbocycles. The number of ether oxygens (including phenoxy) is 2. The van der Waals surface area contributed by atoms with Gasteiger partial charge in [0.15, 0.2) is 5.78 Å². The number of aliphatic hydroxyl groups excluding tert-OH is 4. The van der Waals surface area contributed by atoms with E-state index in [1.165, 1.54) is 12.1 Å². The van der Waals surface area contributed by atoms with Crippen LogP contribution in [-0.4, -0.2) is 69.2 Å². The smallest absolute Gasteiger partial charge is 0.229 e. The molecule has 0 spiro atoms. The van der Waals surface area contributed by atoms with Crippen LogP contribution in [0, 0.1) is 5.82 Å². The van der Waals surface area contributed by atoms with Crippen LogP contribution >= 0.6 is 0 Å². The van der Waals surface area contributed by atoms with Gasteiger partial charge in [0.2, 0.25) is 6.29 Å². The van der Waals surface area contributed by atoms with Crippen molar-refractivity contribution in [3.05, 3.63) is 76.7 Å². The molecule has 190 valence electrons.